The lowest BCUT2D eigenvalue weighted by atomic mass is 10.0. The van der Waals surface area contributed by atoms with Crippen LogP contribution in [0.5, 0.6) is 0 Å². The third-order valence-corrected chi connectivity index (χ3v) is 12.4. The zero-order chi connectivity index (χ0) is 28.9. The number of methoxy groups -OCH3 is 1. The molecule has 1 aliphatic heterocycles. The fourth-order valence-corrected chi connectivity index (χ4v) is 10.2. The number of ether oxygens (including phenoxy) is 2. The number of rotatable bonds is 10. The van der Waals surface area contributed by atoms with Crippen molar-refractivity contribution in [2.24, 2.45) is 5.11 Å². The molecule has 11 nitrogen and oxygen atoms in total. The summed E-state index contributed by atoms with van der Waals surface area (Å²) in [4.78, 5) is 29.6. The second-order valence-electron chi connectivity index (χ2n) is 10.8. The van der Waals surface area contributed by atoms with Gasteiger partial charge in [-0.3, -0.25) is 14.3 Å². The highest BCUT2D eigenvalue weighted by Crippen LogP contribution is 2.42. The predicted molar refractivity (Wildman–Crippen MR) is 153 cm³/mol. The number of nitrogens with one attached hydrogen (secondary N) is 1. The minimum absolute atomic E-state index is 0.0460. The fourth-order valence-electron chi connectivity index (χ4n) is 5.51. The third-order valence-electron chi connectivity index (χ3n) is 7.32. The maximum Gasteiger partial charge on any atom is 0.330 e. The molecule has 1 fully saturated rings. The van der Waals surface area contributed by atoms with Gasteiger partial charge in [-0.1, -0.05) is 86.5 Å². The van der Waals surface area contributed by atoms with E-state index in [1.807, 2.05) is 36.4 Å². The number of azide groups is 1. The first-order chi connectivity index (χ1) is 19.1. The molecule has 0 bridgehead atoms. The minimum atomic E-state index is -3.15. The van der Waals surface area contributed by atoms with Crippen molar-refractivity contribution < 1.29 is 19.0 Å². The van der Waals surface area contributed by atoms with Crippen LogP contribution in [0.2, 0.25) is 5.04 Å². The number of hydrogen-bond acceptors (Lipinski definition) is 7. The Balaban J connectivity index is 1.90. The van der Waals surface area contributed by atoms with E-state index in [2.05, 4.69) is 60.0 Å². The molecule has 0 radical (unpaired) electrons. The van der Waals surface area contributed by atoms with E-state index in [1.165, 1.54) is 23.9 Å². The van der Waals surface area contributed by atoms with E-state index in [-0.39, 0.29) is 18.0 Å². The van der Waals surface area contributed by atoms with Crippen molar-refractivity contribution in [1.29, 1.82) is 0 Å². The molecule has 12 heteroatoms. The van der Waals surface area contributed by atoms with Crippen LogP contribution in [0.25, 0.3) is 10.4 Å². The van der Waals surface area contributed by atoms with Crippen LogP contribution in [-0.4, -0.2) is 61.0 Å². The number of aromatic amines is 1. The first-order valence-electron chi connectivity index (χ1n) is 13.1. The van der Waals surface area contributed by atoms with Crippen LogP contribution in [0, 0.1) is 0 Å². The van der Waals surface area contributed by atoms with Gasteiger partial charge in [-0.05, 0) is 27.4 Å². The Kier molecular flexibility index (Phi) is 9.09. The van der Waals surface area contributed by atoms with E-state index in [1.54, 1.807) is 0 Å². The van der Waals surface area contributed by atoms with E-state index in [4.69, 9.17) is 19.4 Å². The number of hydrogen-bond donors (Lipinski definition) is 2. The summed E-state index contributed by atoms with van der Waals surface area (Å²) in [6, 6.07) is 21.2. The van der Waals surface area contributed by atoms with Gasteiger partial charge in [0.05, 0.1) is 6.10 Å². The van der Waals surface area contributed by atoms with E-state index >= 15 is 0 Å². The number of aliphatic hydroxyl groups excluding tert-OH is 1. The van der Waals surface area contributed by atoms with Crippen LogP contribution in [0.4, 0.5) is 0 Å². The molecule has 3 unspecified atom stereocenters. The van der Waals surface area contributed by atoms with Gasteiger partial charge in [-0.15, -0.1) is 0 Å². The molecule has 1 aliphatic rings. The number of benzene rings is 2. The molecule has 5 atom stereocenters. The molecule has 4 rings (SSSR count). The van der Waals surface area contributed by atoms with E-state index in [9.17, 15) is 14.7 Å². The van der Waals surface area contributed by atoms with E-state index < -0.39 is 50.2 Å². The quantitative estimate of drug-likeness (QED) is 0.167. The third kappa shape index (κ3) is 5.68. The monoisotopic (exact) mass is 565 g/mol. The Morgan fingerprint density at radius 1 is 1.07 bits per heavy atom. The van der Waals surface area contributed by atoms with Crippen molar-refractivity contribution in [3.05, 3.63) is 104 Å². The molecule has 40 heavy (non-hydrogen) atoms. The number of H-pyrrole nitrogens is 1. The van der Waals surface area contributed by atoms with Gasteiger partial charge in [0, 0.05) is 30.8 Å². The average Bonchev–Trinajstić information content (AvgIpc) is 3.29. The topological polar surface area (TPSA) is 152 Å². The highest BCUT2D eigenvalue weighted by molar-refractivity contribution is 6.99. The lowest BCUT2D eigenvalue weighted by Crippen LogP contribution is -2.69. The molecule has 1 aromatic heterocycles. The summed E-state index contributed by atoms with van der Waals surface area (Å²) in [5.74, 6) is 0. The van der Waals surface area contributed by atoms with Crippen molar-refractivity contribution in [3.8, 4) is 0 Å². The Labute approximate surface area is 233 Å². The normalized spacial score (nSPS) is 22.0. The maximum atomic E-state index is 12.8. The van der Waals surface area contributed by atoms with Gasteiger partial charge < -0.3 is 19.0 Å². The van der Waals surface area contributed by atoms with Crippen LogP contribution in [0.15, 0.2) is 87.6 Å². The Bertz CT molecular complexity index is 1400. The van der Waals surface area contributed by atoms with Crippen molar-refractivity contribution >= 4 is 18.7 Å². The van der Waals surface area contributed by atoms with Crippen molar-refractivity contribution in [1.82, 2.24) is 9.55 Å². The second kappa shape index (κ2) is 12.3. The molecule has 2 aromatic carbocycles. The summed E-state index contributed by atoms with van der Waals surface area (Å²) in [7, 11) is -1.66. The van der Waals surface area contributed by atoms with Gasteiger partial charge in [0.2, 0.25) is 0 Å². The van der Waals surface area contributed by atoms with Crippen molar-refractivity contribution in [3.63, 3.8) is 0 Å². The summed E-state index contributed by atoms with van der Waals surface area (Å²) in [6.45, 7) is 6.44. The first-order valence-corrected chi connectivity index (χ1v) is 15.0. The zero-order valence-corrected chi connectivity index (χ0v) is 24.0. The van der Waals surface area contributed by atoms with Crippen LogP contribution in [-0.2, 0) is 13.9 Å². The lowest BCUT2D eigenvalue weighted by molar-refractivity contribution is -0.0877. The predicted octanol–water partition coefficient (Wildman–Crippen LogP) is 2.46. The summed E-state index contributed by atoms with van der Waals surface area (Å²) >= 11 is 0. The lowest BCUT2D eigenvalue weighted by Gasteiger charge is -2.46. The summed E-state index contributed by atoms with van der Waals surface area (Å²) in [5.41, 5.74) is 7.54. The Morgan fingerprint density at radius 3 is 2.17 bits per heavy atom. The highest BCUT2D eigenvalue weighted by atomic mass is 28.4. The van der Waals surface area contributed by atoms with E-state index in [0.717, 1.165) is 10.4 Å². The summed E-state index contributed by atoms with van der Waals surface area (Å²) in [5, 5.41) is 16.5. The average molecular weight is 566 g/mol. The molecule has 212 valence electrons. The van der Waals surface area contributed by atoms with Crippen LogP contribution in [0.3, 0.4) is 0 Å². The molecule has 1 saturated heterocycles. The van der Waals surface area contributed by atoms with Gasteiger partial charge in [-0.2, -0.15) is 0 Å². The minimum Gasteiger partial charge on any atom is -0.399 e. The van der Waals surface area contributed by atoms with E-state index in [0.29, 0.717) is 0 Å². The van der Waals surface area contributed by atoms with Crippen molar-refractivity contribution in [2.75, 3.05) is 13.7 Å². The Morgan fingerprint density at radius 2 is 1.68 bits per heavy atom. The van der Waals surface area contributed by atoms with Gasteiger partial charge in [0.15, 0.2) is 6.23 Å². The Hall–Kier alpha value is -3.51. The fraction of sp³-hybridized carbons (Fsp3) is 0.429. The molecule has 0 aliphatic carbocycles. The molecular formula is C28H35N5O6Si. The molecule has 0 amide bonds. The molecule has 2 N–H and O–H groups in total. The molecule has 2 heterocycles. The maximum absolute atomic E-state index is 12.8. The van der Waals surface area contributed by atoms with Crippen molar-refractivity contribution in [2.45, 2.75) is 62.9 Å². The highest BCUT2D eigenvalue weighted by Gasteiger charge is 2.58. The first kappa shape index (κ1) is 29.5. The number of nitrogens with zero attached hydrogens (tertiary/aromatic N) is 4. The van der Waals surface area contributed by atoms with Crippen LogP contribution >= 0.6 is 0 Å². The standard InChI is InChI=1S/C28H35N5O6Si/c1-28(2,3)40(19-11-7-5-8-12-19,20-13-9-6-10-14-20)39-24-23(21(34)15-17-30-32-29)38-26(25(24)37-4)33-18-16-22(35)31-27(33)36/h5-14,16,18,21,23-26,34H,15,17H2,1-4H3,(H,31,35,36)/t21?,23-,24?,25?,26-/m1/s1. The van der Waals surface area contributed by atoms with Gasteiger partial charge in [0.1, 0.15) is 18.3 Å². The largest absolute Gasteiger partial charge is 0.399 e. The van der Waals surface area contributed by atoms with Crippen LogP contribution < -0.4 is 21.6 Å². The smallest absolute Gasteiger partial charge is 0.330 e. The summed E-state index contributed by atoms with van der Waals surface area (Å²) < 4.78 is 20.8. The van der Waals surface area contributed by atoms with Gasteiger partial charge in [0.25, 0.3) is 13.9 Å². The molecule has 0 saturated carbocycles. The molecule has 0 spiro atoms. The zero-order valence-electron chi connectivity index (χ0n) is 23.0. The van der Waals surface area contributed by atoms with Gasteiger partial charge >= 0.3 is 5.69 Å². The molecule has 3 aromatic rings. The number of aliphatic hydroxyl groups is 1. The SMILES string of the molecule is COC1C(O[Si](c2ccccc2)(c2ccccc2)C(C)(C)C)[C@@H](C(O)CCN=[N+]=[N-])O[C@H]1n1ccc(=O)[nH]c1=O. The molecular weight excluding hydrogens is 530 g/mol. The summed E-state index contributed by atoms with van der Waals surface area (Å²) in [6.07, 6.45) is -3.26. The second-order valence-corrected chi connectivity index (χ2v) is 15.0. The van der Waals surface area contributed by atoms with Gasteiger partial charge in [-0.25, -0.2) is 4.79 Å². The van der Waals surface area contributed by atoms with Crippen LogP contribution in [0.1, 0.15) is 33.4 Å². The number of aromatic nitrogens is 2.